The van der Waals surface area contributed by atoms with E-state index in [0.29, 0.717) is 6.61 Å². The Hall–Kier alpha value is -0.550. The Balaban J connectivity index is 3.31. The first kappa shape index (κ1) is 13.4. The van der Waals surface area contributed by atoms with E-state index in [1.807, 2.05) is 6.92 Å². The van der Waals surface area contributed by atoms with E-state index in [-0.39, 0.29) is 13.0 Å². The van der Waals surface area contributed by atoms with Gasteiger partial charge in [-0.2, -0.15) is 0 Å². The zero-order chi connectivity index (χ0) is 10.8. The average Bonchev–Trinajstić information content (AvgIpc) is 2.18. The Morgan fingerprint density at radius 2 is 2.07 bits per heavy atom. The van der Waals surface area contributed by atoms with Crippen molar-refractivity contribution >= 4 is 14.2 Å². The predicted octanol–water partition coefficient (Wildman–Crippen LogP) is 1.37. The third-order valence-corrected chi connectivity index (χ3v) is 2.13. The molecule has 0 heterocycles. The predicted molar refractivity (Wildman–Crippen MR) is 49.0 cm³/mol. The topological polar surface area (TPSA) is 84.9 Å². The Morgan fingerprint density at radius 3 is 2.64 bits per heavy atom. The SMILES string of the molecule is CCCCO[P+](=O)OCCC(=O)NO. The van der Waals surface area contributed by atoms with Gasteiger partial charge in [0.05, 0.1) is 6.42 Å². The molecule has 1 unspecified atom stereocenters. The third-order valence-electron chi connectivity index (χ3n) is 1.35. The van der Waals surface area contributed by atoms with Crippen LogP contribution in [-0.2, 0) is 18.4 Å². The van der Waals surface area contributed by atoms with Crippen molar-refractivity contribution in [3.8, 4) is 0 Å². The van der Waals surface area contributed by atoms with Crippen molar-refractivity contribution < 1.29 is 23.6 Å². The molecule has 0 aliphatic rings. The summed E-state index contributed by atoms with van der Waals surface area (Å²) < 4.78 is 20.4. The second kappa shape index (κ2) is 9.02. The number of hydrogen-bond acceptors (Lipinski definition) is 5. The standard InChI is InChI=1S/C7H14NO5P/c1-2-3-5-12-14(11)13-6-4-7(9)8-10/h2-6H2,1H3,(H-,8,9,10)/p+1. The zero-order valence-corrected chi connectivity index (χ0v) is 8.96. The van der Waals surface area contributed by atoms with Crippen molar-refractivity contribution in [2.24, 2.45) is 0 Å². The van der Waals surface area contributed by atoms with Crippen molar-refractivity contribution in [1.29, 1.82) is 0 Å². The van der Waals surface area contributed by atoms with Gasteiger partial charge >= 0.3 is 8.25 Å². The molecule has 0 radical (unpaired) electrons. The van der Waals surface area contributed by atoms with Crippen LogP contribution in [0.25, 0.3) is 0 Å². The number of carbonyl (C=O) groups excluding carboxylic acids is 1. The first-order valence-electron chi connectivity index (χ1n) is 4.36. The maximum absolute atomic E-state index is 10.9. The lowest BCUT2D eigenvalue weighted by molar-refractivity contribution is -0.129. The second-order valence-electron chi connectivity index (χ2n) is 2.53. The molecule has 0 rings (SSSR count). The molecule has 0 aliphatic carbocycles. The van der Waals surface area contributed by atoms with Gasteiger partial charge in [0.15, 0.2) is 0 Å². The fourth-order valence-electron chi connectivity index (χ4n) is 0.589. The summed E-state index contributed by atoms with van der Waals surface area (Å²) >= 11 is 0. The summed E-state index contributed by atoms with van der Waals surface area (Å²) in [6, 6.07) is 0. The maximum Gasteiger partial charge on any atom is 0.697 e. The lowest BCUT2D eigenvalue weighted by atomic mass is 10.4. The monoisotopic (exact) mass is 224 g/mol. The highest BCUT2D eigenvalue weighted by molar-refractivity contribution is 7.33. The van der Waals surface area contributed by atoms with E-state index in [4.69, 9.17) is 9.73 Å². The highest BCUT2D eigenvalue weighted by Crippen LogP contribution is 2.23. The van der Waals surface area contributed by atoms with E-state index in [2.05, 4.69) is 4.52 Å². The number of amides is 1. The Kier molecular flexibility index (Phi) is 8.67. The highest BCUT2D eigenvalue weighted by atomic mass is 31.1. The first-order chi connectivity index (χ1) is 6.70. The normalized spacial score (nSPS) is 11.1. The van der Waals surface area contributed by atoms with Crippen molar-refractivity contribution in [3.63, 3.8) is 0 Å². The van der Waals surface area contributed by atoms with Gasteiger partial charge in [0.1, 0.15) is 13.2 Å². The molecule has 6 nitrogen and oxygen atoms in total. The minimum atomic E-state index is -2.14. The third kappa shape index (κ3) is 8.07. The van der Waals surface area contributed by atoms with Crippen LogP contribution in [0.4, 0.5) is 0 Å². The van der Waals surface area contributed by atoms with Crippen molar-refractivity contribution in [1.82, 2.24) is 5.48 Å². The van der Waals surface area contributed by atoms with Crippen LogP contribution >= 0.6 is 8.25 Å². The van der Waals surface area contributed by atoms with Gasteiger partial charge in [-0.25, -0.2) is 5.48 Å². The summed E-state index contributed by atoms with van der Waals surface area (Å²) in [5.74, 6) is -0.582. The molecule has 1 amide bonds. The Morgan fingerprint density at radius 1 is 1.43 bits per heavy atom. The van der Waals surface area contributed by atoms with Gasteiger partial charge in [-0.1, -0.05) is 13.3 Å². The van der Waals surface area contributed by atoms with Gasteiger partial charge in [0.25, 0.3) is 0 Å². The van der Waals surface area contributed by atoms with E-state index >= 15 is 0 Å². The summed E-state index contributed by atoms with van der Waals surface area (Å²) in [6.07, 6.45) is 1.73. The van der Waals surface area contributed by atoms with Crippen molar-refractivity contribution in [2.75, 3.05) is 13.2 Å². The van der Waals surface area contributed by atoms with E-state index < -0.39 is 14.2 Å². The van der Waals surface area contributed by atoms with E-state index in [1.54, 1.807) is 0 Å². The molecule has 0 spiro atoms. The van der Waals surface area contributed by atoms with Crippen LogP contribution in [-0.4, -0.2) is 24.3 Å². The van der Waals surface area contributed by atoms with Gasteiger partial charge in [-0.3, -0.25) is 10.0 Å². The lowest BCUT2D eigenvalue weighted by Gasteiger charge is -1.93. The molecule has 0 fully saturated rings. The number of hydrogen-bond donors (Lipinski definition) is 2. The van der Waals surface area contributed by atoms with Crippen molar-refractivity contribution in [3.05, 3.63) is 0 Å². The molecule has 0 aromatic carbocycles. The molecule has 2 N–H and O–H groups in total. The van der Waals surface area contributed by atoms with Crippen LogP contribution in [0.5, 0.6) is 0 Å². The van der Waals surface area contributed by atoms with Crippen LogP contribution in [0.15, 0.2) is 0 Å². The summed E-state index contributed by atoms with van der Waals surface area (Å²) in [6.45, 7) is 2.34. The zero-order valence-electron chi connectivity index (χ0n) is 8.06. The molecule has 0 aromatic heterocycles. The van der Waals surface area contributed by atoms with Crippen LogP contribution in [0.3, 0.4) is 0 Å². The van der Waals surface area contributed by atoms with Gasteiger partial charge in [0, 0.05) is 4.57 Å². The van der Waals surface area contributed by atoms with Crippen molar-refractivity contribution in [2.45, 2.75) is 26.2 Å². The quantitative estimate of drug-likeness (QED) is 0.281. The largest absolute Gasteiger partial charge is 0.697 e. The van der Waals surface area contributed by atoms with Crippen LogP contribution < -0.4 is 5.48 Å². The van der Waals surface area contributed by atoms with Gasteiger partial charge in [-0.15, -0.1) is 9.05 Å². The molecule has 0 aromatic rings. The minimum absolute atomic E-state index is 0.0340. The molecule has 0 bridgehead atoms. The molecule has 14 heavy (non-hydrogen) atoms. The van der Waals surface area contributed by atoms with Gasteiger partial charge in [0.2, 0.25) is 5.91 Å². The molecule has 0 saturated carbocycles. The fraction of sp³-hybridized carbons (Fsp3) is 0.857. The highest BCUT2D eigenvalue weighted by Gasteiger charge is 2.19. The molecular formula is C7H15NO5P+. The number of rotatable bonds is 8. The van der Waals surface area contributed by atoms with Gasteiger partial charge < -0.3 is 0 Å². The first-order valence-corrected chi connectivity index (χ1v) is 5.46. The molecule has 7 heteroatoms. The summed E-state index contributed by atoms with van der Waals surface area (Å²) in [5.41, 5.74) is 1.44. The smallest absolute Gasteiger partial charge is 0.289 e. The number of hydroxylamine groups is 1. The average molecular weight is 224 g/mol. The molecule has 1 atom stereocenters. The van der Waals surface area contributed by atoms with E-state index in [1.165, 1.54) is 5.48 Å². The molecule has 0 saturated heterocycles. The number of nitrogens with one attached hydrogen (secondary N) is 1. The summed E-state index contributed by atoms with van der Waals surface area (Å²) in [7, 11) is -2.14. The fourth-order valence-corrected chi connectivity index (χ4v) is 1.18. The van der Waals surface area contributed by atoms with E-state index in [0.717, 1.165) is 12.8 Å². The maximum atomic E-state index is 10.9. The summed E-state index contributed by atoms with van der Waals surface area (Å²) in [5, 5.41) is 8.11. The van der Waals surface area contributed by atoms with Crippen LogP contribution in [0.1, 0.15) is 26.2 Å². The van der Waals surface area contributed by atoms with Crippen LogP contribution in [0.2, 0.25) is 0 Å². The van der Waals surface area contributed by atoms with E-state index in [9.17, 15) is 9.36 Å². The Labute approximate surface area is 83.5 Å². The van der Waals surface area contributed by atoms with Gasteiger partial charge in [-0.05, 0) is 6.42 Å². The molecule has 0 aliphatic heterocycles. The Bertz CT molecular complexity index is 187. The minimum Gasteiger partial charge on any atom is -0.289 e. The lowest BCUT2D eigenvalue weighted by Crippen LogP contribution is -2.19. The number of unbranched alkanes of at least 4 members (excludes halogenated alkanes) is 1. The summed E-state index contributed by atoms with van der Waals surface area (Å²) in [4.78, 5) is 10.5. The molecule has 82 valence electrons. The second-order valence-corrected chi connectivity index (χ2v) is 3.49. The number of carbonyl (C=O) groups is 1. The van der Waals surface area contributed by atoms with Crippen LogP contribution in [0, 0.1) is 0 Å². The molecular weight excluding hydrogens is 209 g/mol.